The molecule has 1 aromatic carbocycles. The van der Waals surface area contributed by atoms with E-state index in [1.165, 1.54) is 6.07 Å². The number of halogens is 1. The second-order valence-electron chi connectivity index (χ2n) is 5.11. The van der Waals surface area contributed by atoms with Crippen LogP contribution in [0.1, 0.15) is 29.9 Å². The van der Waals surface area contributed by atoms with Gasteiger partial charge in [0.25, 0.3) is 0 Å². The maximum absolute atomic E-state index is 14.0. The molecule has 0 N–H and O–H groups in total. The zero-order valence-corrected chi connectivity index (χ0v) is 11.0. The van der Waals surface area contributed by atoms with Crippen molar-refractivity contribution in [1.29, 1.82) is 5.26 Å². The smallest absolute Gasteiger partial charge is 0.209 e. The molecule has 1 heterocycles. The van der Waals surface area contributed by atoms with Crippen LogP contribution < -0.4 is 0 Å². The SMILES string of the molecule is Cc1ccc(C(C#N)C2CCN(C=O)CC2)c(F)c1. The van der Waals surface area contributed by atoms with Gasteiger partial charge in [-0.25, -0.2) is 4.39 Å². The highest BCUT2D eigenvalue weighted by Gasteiger charge is 2.28. The number of nitrogens with zero attached hydrogens (tertiary/aromatic N) is 2. The van der Waals surface area contributed by atoms with Gasteiger partial charge >= 0.3 is 0 Å². The predicted molar refractivity (Wildman–Crippen MR) is 69.9 cm³/mol. The summed E-state index contributed by atoms with van der Waals surface area (Å²) in [4.78, 5) is 12.4. The highest BCUT2D eigenvalue weighted by molar-refractivity contribution is 5.47. The molecule has 0 spiro atoms. The second kappa shape index (κ2) is 5.83. The molecule has 0 radical (unpaired) electrons. The Labute approximate surface area is 112 Å². The quantitative estimate of drug-likeness (QED) is 0.784. The van der Waals surface area contributed by atoms with E-state index >= 15 is 0 Å². The van der Waals surface area contributed by atoms with Gasteiger partial charge in [-0.05, 0) is 37.3 Å². The van der Waals surface area contributed by atoms with E-state index in [-0.39, 0.29) is 11.7 Å². The number of carbonyl (C=O) groups excluding carboxylic acids is 1. The standard InChI is InChI=1S/C15H17FN2O/c1-11-2-3-13(15(16)8-11)14(9-17)12-4-6-18(10-19)7-5-12/h2-3,8,10,12,14H,4-7H2,1H3. The molecule has 1 atom stereocenters. The first-order valence-electron chi connectivity index (χ1n) is 6.50. The van der Waals surface area contributed by atoms with Crippen molar-refractivity contribution in [3.8, 4) is 6.07 Å². The second-order valence-corrected chi connectivity index (χ2v) is 5.11. The number of nitriles is 1. The van der Waals surface area contributed by atoms with Crippen LogP contribution in [0.25, 0.3) is 0 Å². The van der Waals surface area contributed by atoms with Gasteiger partial charge in [0.15, 0.2) is 0 Å². The van der Waals surface area contributed by atoms with Crippen LogP contribution in [0.5, 0.6) is 0 Å². The van der Waals surface area contributed by atoms with Gasteiger partial charge in [0.2, 0.25) is 6.41 Å². The average Bonchev–Trinajstić information content (AvgIpc) is 2.42. The number of rotatable bonds is 3. The summed E-state index contributed by atoms with van der Waals surface area (Å²) in [7, 11) is 0. The van der Waals surface area contributed by atoms with Crippen molar-refractivity contribution >= 4 is 6.41 Å². The molecule has 1 aliphatic heterocycles. The first kappa shape index (κ1) is 13.5. The van der Waals surface area contributed by atoms with E-state index in [1.807, 2.05) is 13.0 Å². The molecule has 4 heteroatoms. The summed E-state index contributed by atoms with van der Waals surface area (Å²) in [6.07, 6.45) is 2.35. The first-order chi connectivity index (χ1) is 9.15. The van der Waals surface area contributed by atoms with Crippen LogP contribution in [0.15, 0.2) is 18.2 Å². The molecule has 1 aliphatic rings. The van der Waals surface area contributed by atoms with Gasteiger partial charge in [-0.2, -0.15) is 5.26 Å². The Balaban J connectivity index is 2.17. The lowest BCUT2D eigenvalue weighted by molar-refractivity contribution is -0.119. The van der Waals surface area contributed by atoms with Gasteiger partial charge in [-0.1, -0.05) is 12.1 Å². The molecule has 1 aromatic rings. The zero-order valence-electron chi connectivity index (χ0n) is 11.0. The van der Waals surface area contributed by atoms with Crippen LogP contribution in [0.2, 0.25) is 0 Å². The molecule has 0 bridgehead atoms. The van der Waals surface area contributed by atoms with E-state index in [9.17, 15) is 14.4 Å². The van der Waals surface area contributed by atoms with E-state index in [4.69, 9.17) is 0 Å². The summed E-state index contributed by atoms with van der Waals surface area (Å²) in [6, 6.07) is 7.26. The van der Waals surface area contributed by atoms with Crippen molar-refractivity contribution in [3.05, 3.63) is 35.1 Å². The topological polar surface area (TPSA) is 44.1 Å². The van der Waals surface area contributed by atoms with Crippen LogP contribution in [0.4, 0.5) is 4.39 Å². The Kier molecular flexibility index (Phi) is 4.16. The Hall–Kier alpha value is -1.89. The lowest BCUT2D eigenvalue weighted by Crippen LogP contribution is -2.34. The number of hydrogen-bond acceptors (Lipinski definition) is 2. The highest BCUT2D eigenvalue weighted by atomic mass is 19.1. The van der Waals surface area contributed by atoms with Gasteiger partial charge in [0.05, 0.1) is 12.0 Å². The number of hydrogen-bond donors (Lipinski definition) is 0. The van der Waals surface area contributed by atoms with Crippen molar-refractivity contribution < 1.29 is 9.18 Å². The Bertz CT molecular complexity index is 501. The minimum atomic E-state index is -0.422. The summed E-state index contributed by atoms with van der Waals surface area (Å²) in [6.45, 7) is 3.14. The molecular weight excluding hydrogens is 243 g/mol. The summed E-state index contributed by atoms with van der Waals surface area (Å²) in [5.74, 6) is -0.600. The third kappa shape index (κ3) is 2.93. The Morgan fingerprint density at radius 2 is 2.16 bits per heavy atom. The molecule has 1 amide bonds. The fourth-order valence-corrected chi connectivity index (χ4v) is 2.67. The number of carbonyl (C=O) groups is 1. The number of piperidine rings is 1. The van der Waals surface area contributed by atoms with Gasteiger partial charge in [-0.3, -0.25) is 4.79 Å². The van der Waals surface area contributed by atoms with Crippen molar-refractivity contribution in [3.63, 3.8) is 0 Å². The van der Waals surface area contributed by atoms with Crippen LogP contribution in [0.3, 0.4) is 0 Å². The van der Waals surface area contributed by atoms with Gasteiger partial charge < -0.3 is 4.90 Å². The normalized spacial score (nSPS) is 17.8. The average molecular weight is 260 g/mol. The molecule has 3 nitrogen and oxygen atoms in total. The summed E-state index contributed by atoms with van der Waals surface area (Å²) < 4.78 is 14.0. The van der Waals surface area contributed by atoms with Crippen LogP contribution in [-0.2, 0) is 4.79 Å². The lowest BCUT2D eigenvalue weighted by atomic mass is 9.80. The number of amides is 1. The van der Waals surface area contributed by atoms with Gasteiger partial charge in [0, 0.05) is 18.7 Å². The van der Waals surface area contributed by atoms with Crippen molar-refractivity contribution in [2.75, 3.05) is 13.1 Å². The van der Waals surface area contributed by atoms with Crippen LogP contribution >= 0.6 is 0 Å². The molecule has 1 unspecified atom stereocenters. The molecule has 0 aliphatic carbocycles. The number of likely N-dealkylation sites (tertiary alicyclic amines) is 1. The number of aryl methyl sites for hydroxylation is 1. The molecule has 1 fully saturated rings. The van der Waals surface area contributed by atoms with Gasteiger partial charge in [0.1, 0.15) is 5.82 Å². The summed E-state index contributed by atoms with van der Waals surface area (Å²) in [5, 5.41) is 9.35. The monoisotopic (exact) mass is 260 g/mol. The third-order valence-electron chi connectivity index (χ3n) is 3.82. The van der Waals surface area contributed by atoms with E-state index in [0.29, 0.717) is 18.7 Å². The van der Waals surface area contributed by atoms with Crippen molar-refractivity contribution in [2.45, 2.75) is 25.7 Å². The predicted octanol–water partition coefficient (Wildman–Crippen LogP) is 2.61. The third-order valence-corrected chi connectivity index (χ3v) is 3.82. The minimum absolute atomic E-state index is 0.124. The largest absolute Gasteiger partial charge is 0.345 e. The van der Waals surface area contributed by atoms with Crippen molar-refractivity contribution in [1.82, 2.24) is 4.90 Å². The zero-order chi connectivity index (χ0) is 13.8. The maximum Gasteiger partial charge on any atom is 0.209 e. The molecule has 1 saturated heterocycles. The van der Waals surface area contributed by atoms with E-state index in [0.717, 1.165) is 24.8 Å². The van der Waals surface area contributed by atoms with Crippen molar-refractivity contribution in [2.24, 2.45) is 5.92 Å². The lowest BCUT2D eigenvalue weighted by Gasteiger charge is -2.31. The summed E-state index contributed by atoms with van der Waals surface area (Å²) in [5.41, 5.74) is 1.34. The minimum Gasteiger partial charge on any atom is -0.345 e. The number of benzene rings is 1. The highest BCUT2D eigenvalue weighted by Crippen LogP contribution is 2.33. The van der Waals surface area contributed by atoms with E-state index < -0.39 is 5.92 Å². The molecule has 19 heavy (non-hydrogen) atoms. The fraction of sp³-hybridized carbons (Fsp3) is 0.467. The van der Waals surface area contributed by atoms with Crippen LogP contribution in [-0.4, -0.2) is 24.4 Å². The summed E-state index contributed by atoms with van der Waals surface area (Å²) >= 11 is 0. The Morgan fingerprint density at radius 1 is 1.47 bits per heavy atom. The molecule has 2 rings (SSSR count). The van der Waals surface area contributed by atoms with Gasteiger partial charge in [-0.15, -0.1) is 0 Å². The molecule has 100 valence electrons. The molecule has 0 aromatic heterocycles. The maximum atomic E-state index is 14.0. The fourth-order valence-electron chi connectivity index (χ4n) is 2.67. The van der Waals surface area contributed by atoms with E-state index in [1.54, 1.807) is 11.0 Å². The van der Waals surface area contributed by atoms with Crippen LogP contribution in [0, 0.1) is 30.0 Å². The molecule has 0 saturated carbocycles. The molecular formula is C15H17FN2O. The first-order valence-corrected chi connectivity index (χ1v) is 6.50. The Morgan fingerprint density at radius 3 is 2.68 bits per heavy atom. The van der Waals surface area contributed by atoms with E-state index in [2.05, 4.69) is 6.07 Å².